The number of phenols is 2. The molecule has 0 amide bonds. The summed E-state index contributed by atoms with van der Waals surface area (Å²) < 4.78 is 37.7. The van der Waals surface area contributed by atoms with Crippen LogP contribution in [0.25, 0.3) is 15.7 Å². The molecule has 0 atom stereocenters. The molecule has 0 unspecified atom stereocenters. The van der Waals surface area contributed by atoms with Crippen molar-refractivity contribution in [2.75, 3.05) is 7.11 Å². The van der Waals surface area contributed by atoms with Crippen LogP contribution in [-0.2, 0) is 20.9 Å². The van der Waals surface area contributed by atoms with E-state index >= 15 is 0 Å². The highest BCUT2D eigenvalue weighted by molar-refractivity contribution is 7.87. The number of fused-ring (bicyclic) bond motifs is 1. The van der Waals surface area contributed by atoms with Gasteiger partial charge in [-0.3, -0.25) is 0 Å². The molecule has 45 heavy (non-hydrogen) atoms. The lowest BCUT2D eigenvalue weighted by molar-refractivity contribution is -0.264. The number of methoxy groups -OCH3 is 1. The topological polar surface area (TPSA) is 144 Å². The summed E-state index contributed by atoms with van der Waals surface area (Å²) in [6.07, 6.45) is 0. The van der Waals surface area contributed by atoms with Crippen LogP contribution in [-0.4, -0.2) is 25.7 Å². The molecule has 10 heteroatoms. The Morgan fingerprint density at radius 1 is 0.778 bits per heavy atom. The zero-order valence-electron chi connectivity index (χ0n) is 25.4. The van der Waals surface area contributed by atoms with E-state index in [9.17, 15) is 23.7 Å². The number of hydrogen-bond donors (Lipinski definition) is 2. The Bertz CT molecular complexity index is 2060. The monoisotopic (exact) mass is 624 g/mol. The zero-order chi connectivity index (χ0) is 32.7. The number of rotatable bonds is 8. The van der Waals surface area contributed by atoms with Gasteiger partial charge in [-0.25, -0.2) is 0 Å². The van der Waals surface area contributed by atoms with Gasteiger partial charge < -0.3 is 24.2 Å². The van der Waals surface area contributed by atoms with Crippen LogP contribution >= 0.6 is 0 Å². The molecule has 0 aliphatic heterocycles. The number of phenolic OH excluding ortho intramolecular Hbond substituents is 2. The van der Waals surface area contributed by atoms with Crippen LogP contribution in [0.3, 0.4) is 0 Å². The van der Waals surface area contributed by atoms with E-state index in [0.29, 0.717) is 11.3 Å². The molecule has 0 aliphatic rings. The van der Waals surface area contributed by atoms with Crippen LogP contribution in [0.15, 0.2) is 95.9 Å². The fraction of sp³-hybridized carbons (Fsp3) is 0.200. The van der Waals surface area contributed by atoms with E-state index in [1.54, 1.807) is 37.4 Å². The summed E-state index contributed by atoms with van der Waals surface area (Å²) in [5.41, 5.74) is 1.70. The first-order chi connectivity index (χ1) is 21.2. The van der Waals surface area contributed by atoms with Gasteiger partial charge in [0.2, 0.25) is 5.39 Å². The molecule has 5 aromatic carbocycles. The maximum Gasteiger partial charge on any atom is 0.378 e. The molecule has 0 radical (unpaired) electrons. The molecule has 5 rings (SSSR count). The second kappa shape index (κ2) is 11.3. The van der Waals surface area contributed by atoms with Crippen molar-refractivity contribution >= 4 is 26.6 Å². The lowest BCUT2D eigenvalue weighted by Gasteiger charge is -2.32. The second-order valence-corrected chi connectivity index (χ2v) is 13.3. The van der Waals surface area contributed by atoms with Crippen LogP contribution in [0, 0.1) is 5.39 Å². The molecule has 5 aromatic rings. The van der Waals surface area contributed by atoms with Crippen LogP contribution in [0.5, 0.6) is 28.7 Å². The zero-order valence-corrected chi connectivity index (χ0v) is 26.2. The molecule has 0 aromatic heterocycles. The number of ether oxygens (including phenoxy) is 1. The van der Waals surface area contributed by atoms with E-state index in [4.69, 9.17) is 14.3 Å². The van der Waals surface area contributed by atoms with Crippen molar-refractivity contribution in [3.8, 4) is 28.7 Å². The Morgan fingerprint density at radius 3 is 1.98 bits per heavy atom. The third kappa shape index (κ3) is 5.58. The van der Waals surface area contributed by atoms with Crippen LogP contribution < -0.4 is 14.0 Å². The molecule has 0 fully saturated rings. The highest BCUT2D eigenvalue weighted by Crippen LogP contribution is 2.46. The lowest BCUT2D eigenvalue weighted by Crippen LogP contribution is -2.24. The fourth-order valence-electron chi connectivity index (χ4n) is 5.60. The summed E-state index contributed by atoms with van der Waals surface area (Å²) in [5.74, 6) is 0.171. The predicted molar refractivity (Wildman–Crippen MR) is 169 cm³/mol. The Kier molecular flexibility index (Phi) is 7.85. The smallest absolute Gasteiger partial charge is 0.378 e. The van der Waals surface area contributed by atoms with Crippen molar-refractivity contribution in [1.82, 2.24) is 0 Å². The molecule has 230 valence electrons. The number of aromatic hydroxyl groups is 2. The highest BCUT2D eigenvalue weighted by atomic mass is 32.2. The molecule has 0 bridgehead atoms. The standard InChI is InChI=1S/C35H32N2O7S/c1-34(2,27-19-28(31(43-5)20-30(27)39)35(3,4)21-9-13-23(38)14-10-21)22-11-15-24(16-12-22)44-45(41,42)32-8-6-7-26-25(32)17-18-29(37-36)33(26)40/h6-20H,1-5H3,(H2-,38,39,40). The first-order valence-corrected chi connectivity index (χ1v) is 15.5. The summed E-state index contributed by atoms with van der Waals surface area (Å²) in [4.78, 5) is 2.76. The van der Waals surface area contributed by atoms with Crippen molar-refractivity contribution in [1.29, 1.82) is 5.39 Å². The Balaban J connectivity index is 1.48. The molecule has 9 nitrogen and oxygen atoms in total. The molecular weight excluding hydrogens is 592 g/mol. The van der Waals surface area contributed by atoms with Gasteiger partial charge in [0.15, 0.2) is 4.98 Å². The predicted octanol–water partition coefficient (Wildman–Crippen LogP) is 7.24. The Labute approximate surface area is 261 Å². The van der Waals surface area contributed by atoms with Gasteiger partial charge in [-0.15, -0.1) is 0 Å². The Morgan fingerprint density at radius 2 is 1.38 bits per heavy atom. The largest absolute Gasteiger partial charge is 0.867 e. The first-order valence-electron chi connectivity index (χ1n) is 14.0. The van der Waals surface area contributed by atoms with Gasteiger partial charge in [0.05, 0.1) is 7.11 Å². The van der Waals surface area contributed by atoms with E-state index in [1.165, 1.54) is 42.5 Å². The minimum absolute atomic E-state index is 0.0378. The number of diazo groups is 1. The van der Waals surface area contributed by atoms with E-state index in [1.807, 2.05) is 45.9 Å². The molecule has 0 aliphatic carbocycles. The quantitative estimate of drug-likeness (QED) is 0.136. The van der Waals surface area contributed by atoms with Gasteiger partial charge in [-0.2, -0.15) is 8.42 Å². The molecule has 0 heterocycles. The van der Waals surface area contributed by atoms with Crippen molar-refractivity contribution in [2.24, 2.45) is 0 Å². The lowest BCUT2D eigenvalue weighted by atomic mass is 9.72. The van der Waals surface area contributed by atoms with Gasteiger partial charge in [-0.05, 0) is 64.7 Å². The average molecular weight is 625 g/mol. The van der Waals surface area contributed by atoms with E-state index < -0.39 is 26.7 Å². The molecule has 2 N–H and O–H groups in total. The van der Waals surface area contributed by atoms with Gasteiger partial charge >= 0.3 is 15.8 Å². The van der Waals surface area contributed by atoms with Gasteiger partial charge in [0.1, 0.15) is 27.9 Å². The molecule has 0 saturated carbocycles. The van der Waals surface area contributed by atoms with Gasteiger partial charge in [0, 0.05) is 39.5 Å². The minimum Gasteiger partial charge on any atom is -0.867 e. The number of benzene rings is 5. The highest BCUT2D eigenvalue weighted by Gasteiger charge is 2.33. The summed E-state index contributed by atoms with van der Waals surface area (Å²) in [6.45, 7) is 7.96. The van der Waals surface area contributed by atoms with Crippen molar-refractivity contribution in [3.05, 3.63) is 118 Å². The van der Waals surface area contributed by atoms with Gasteiger partial charge in [0.25, 0.3) is 0 Å². The van der Waals surface area contributed by atoms with Gasteiger partial charge in [-0.1, -0.05) is 64.1 Å². The third-order valence-corrected chi connectivity index (χ3v) is 9.67. The number of hydrogen-bond acceptors (Lipinski definition) is 8. The summed E-state index contributed by atoms with van der Waals surface area (Å²) >= 11 is 0. The van der Waals surface area contributed by atoms with Crippen molar-refractivity contribution < 1.29 is 32.7 Å². The normalized spacial score (nSPS) is 12.1. The molecule has 0 spiro atoms. The second-order valence-electron chi connectivity index (χ2n) is 11.8. The van der Waals surface area contributed by atoms with Crippen LogP contribution in [0.4, 0.5) is 5.69 Å². The fourth-order valence-corrected chi connectivity index (χ4v) is 6.75. The first kappa shape index (κ1) is 31.2. The summed E-state index contributed by atoms with van der Waals surface area (Å²) in [5, 5.41) is 42.7. The molecule has 0 saturated heterocycles. The Hall–Kier alpha value is -5.27. The van der Waals surface area contributed by atoms with E-state index in [2.05, 4.69) is 4.98 Å². The molecular formula is C35H32N2O7S. The maximum atomic E-state index is 13.3. The SMILES string of the molecule is COc1cc(O)c(C(C)(C)c2ccc(OS(=O)(=O)c3cccc4c([O-])c([N+]#N)ccc34)cc2)cc1C(C)(C)c1ccc(O)cc1. The maximum absolute atomic E-state index is 13.3. The van der Waals surface area contributed by atoms with Crippen LogP contribution in [0.1, 0.15) is 49.9 Å². The van der Waals surface area contributed by atoms with E-state index in [0.717, 1.165) is 16.7 Å². The number of nitrogens with zero attached hydrogens (tertiary/aromatic N) is 2. The van der Waals surface area contributed by atoms with Crippen molar-refractivity contribution in [2.45, 2.75) is 43.4 Å². The summed E-state index contributed by atoms with van der Waals surface area (Å²) in [7, 11) is -2.80. The summed E-state index contributed by atoms with van der Waals surface area (Å²) in [6, 6.07) is 23.8. The average Bonchev–Trinajstić information content (AvgIpc) is 3.01. The van der Waals surface area contributed by atoms with Crippen molar-refractivity contribution in [3.63, 3.8) is 0 Å². The van der Waals surface area contributed by atoms with Crippen LogP contribution in [0.2, 0.25) is 0 Å². The van der Waals surface area contributed by atoms with E-state index in [-0.39, 0.29) is 38.6 Å². The minimum atomic E-state index is -4.34. The third-order valence-electron chi connectivity index (χ3n) is 8.36.